The number of aromatic nitrogens is 1. The van der Waals surface area contributed by atoms with Crippen molar-refractivity contribution in [3.05, 3.63) is 38.3 Å². The second-order valence-corrected chi connectivity index (χ2v) is 7.81. The highest BCUT2D eigenvalue weighted by molar-refractivity contribution is 7.17. The maximum atomic E-state index is 12.4. The summed E-state index contributed by atoms with van der Waals surface area (Å²) in [4.78, 5) is 16.5. The first kappa shape index (κ1) is 15.6. The zero-order valence-corrected chi connectivity index (χ0v) is 15.0. The first-order chi connectivity index (χ1) is 11.7. The van der Waals surface area contributed by atoms with Crippen molar-refractivity contribution in [1.82, 2.24) is 4.57 Å². The third kappa shape index (κ3) is 2.32. The number of carbonyl (C=O) groups excluding carboxylic acids is 1. The Kier molecular flexibility index (Phi) is 4.02. The molecule has 124 valence electrons. The molecule has 1 aliphatic rings. The summed E-state index contributed by atoms with van der Waals surface area (Å²) in [7, 11) is 0. The van der Waals surface area contributed by atoms with Crippen LogP contribution >= 0.6 is 22.7 Å². The largest absolute Gasteiger partial charge is 0.494 e. The van der Waals surface area contributed by atoms with Crippen molar-refractivity contribution in [2.24, 2.45) is 4.99 Å². The fourth-order valence-corrected chi connectivity index (χ4v) is 5.08. The average Bonchev–Trinajstić information content (AvgIpc) is 3.29. The van der Waals surface area contributed by atoms with E-state index in [1.165, 1.54) is 24.2 Å². The third-order valence-electron chi connectivity index (χ3n) is 4.43. The van der Waals surface area contributed by atoms with Gasteiger partial charge in [0.15, 0.2) is 0 Å². The maximum Gasteiger partial charge on any atom is 0.279 e. The van der Waals surface area contributed by atoms with Crippen molar-refractivity contribution in [3.63, 3.8) is 0 Å². The van der Waals surface area contributed by atoms with Gasteiger partial charge in [-0.2, -0.15) is 0 Å². The molecule has 24 heavy (non-hydrogen) atoms. The lowest BCUT2D eigenvalue weighted by atomic mass is 10.1. The summed E-state index contributed by atoms with van der Waals surface area (Å²) in [6.07, 6.45) is 4.56. The van der Waals surface area contributed by atoms with E-state index in [1.807, 2.05) is 27.5 Å². The van der Waals surface area contributed by atoms with E-state index < -0.39 is 0 Å². The zero-order chi connectivity index (χ0) is 16.7. The summed E-state index contributed by atoms with van der Waals surface area (Å²) in [6, 6.07) is 3.88. The van der Waals surface area contributed by atoms with Crippen molar-refractivity contribution < 1.29 is 9.90 Å². The number of carbonyl (C=O) groups is 1. The quantitative estimate of drug-likeness (QED) is 0.687. The first-order valence-electron chi connectivity index (χ1n) is 8.22. The van der Waals surface area contributed by atoms with Crippen LogP contribution < -0.4 is 9.89 Å². The number of fused-ring (bicyclic) bond motifs is 2. The van der Waals surface area contributed by atoms with Gasteiger partial charge < -0.3 is 9.67 Å². The van der Waals surface area contributed by atoms with Gasteiger partial charge in [0.05, 0.1) is 31.2 Å². The number of nitrogens with zero attached hydrogens (tertiary/aromatic N) is 2. The molecule has 0 bridgehead atoms. The molecular formula is C18H18N2O2S2. The minimum absolute atomic E-state index is 0.202. The van der Waals surface area contributed by atoms with Gasteiger partial charge in [0.1, 0.15) is 0 Å². The zero-order valence-electron chi connectivity index (χ0n) is 13.4. The molecule has 3 aromatic rings. The monoisotopic (exact) mass is 358 g/mol. The van der Waals surface area contributed by atoms with Gasteiger partial charge in [0.2, 0.25) is 5.88 Å². The average molecular weight is 358 g/mol. The van der Waals surface area contributed by atoms with Gasteiger partial charge in [-0.3, -0.25) is 4.79 Å². The topological polar surface area (TPSA) is 54.6 Å². The van der Waals surface area contributed by atoms with Crippen molar-refractivity contribution in [3.8, 4) is 5.88 Å². The highest BCUT2D eigenvalue weighted by Crippen LogP contribution is 2.39. The molecule has 4 heterocycles. The van der Waals surface area contributed by atoms with Crippen molar-refractivity contribution >= 4 is 44.4 Å². The molecule has 0 atom stereocenters. The number of thiophene rings is 2. The molecule has 4 rings (SSSR count). The summed E-state index contributed by atoms with van der Waals surface area (Å²) in [5.41, 5.74) is 2.22. The molecule has 0 fully saturated rings. The van der Waals surface area contributed by atoms with Gasteiger partial charge in [-0.15, -0.1) is 22.7 Å². The number of rotatable bonds is 6. The molecule has 0 saturated heterocycles. The number of amides is 1. The van der Waals surface area contributed by atoms with E-state index in [2.05, 4.69) is 11.9 Å². The van der Waals surface area contributed by atoms with Crippen LogP contribution in [-0.2, 0) is 11.3 Å². The molecule has 4 nitrogen and oxygen atoms in total. The predicted octanol–water partition coefficient (Wildman–Crippen LogP) is 3.41. The van der Waals surface area contributed by atoms with Crippen LogP contribution in [-0.4, -0.2) is 15.6 Å². The van der Waals surface area contributed by atoms with Crippen LogP contribution in [0.3, 0.4) is 0 Å². The van der Waals surface area contributed by atoms with Gasteiger partial charge >= 0.3 is 0 Å². The van der Waals surface area contributed by atoms with Gasteiger partial charge in [-0.25, -0.2) is 4.99 Å². The molecule has 1 amide bonds. The van der Waals surface area contributed by atoms with Crippen LogP contribution in [0.1, 0.15) is 38.2 Å². The highest BCUT2D eigenvalue weighted by atomic mass is 32.1. The Labute approximate surface area is 147 Å². The Hall–Kier alpha value is -1.92. The molecule has 0 spiro atoms. The molecule has 1 N–H and O–H groups in total. The van der Waals surface area contributed by atoms with E-state index in [0.717, 1.165) is 39.5 Å². The van der Waals surface area contributed by atoms with E-state index in [1.54, 1.807) is 11.3 Å². The number of aryl methyl sites for hydroxylation is 1. The normalized spacial score (nSPS) is 13.7. The van der Waals surface area contributed by atoms with E-state index in [0.29, 0.717) is 11.1 Å². The Balaban J connectivity index is 1.85. The summed E-state index contributed by atoms with van der Waals surface area (Å²) >= 11 is 3.07. The molecule has 0 aliphatic carbocycles. The van der Waals surface area contributed by atoms with Crippen LogP contribution in [0.25, 0.3) is 15.8 Å². The number of hydrogen-bond donors (Lipinski definition) is 1. The summed E-state index contributed by atoms with van der Waals surface area (Å²) in [6.45, 7) is 2.96. The number of aromatic hydroxyl groups is 1. The molecule has 0 unspecified atom stereocenters. The first-order valence-corrected chi connectivity index (χ1v) is 9.98. The second-order valence-electron chi connectivity index (χ2n) is 5.97. The minimum atomic E-state index is -0.245. The SMILES string of the molecule is CCCCCCn1c(O)c(C2=c3sccc3=NC2=O)c2sccc21. The molecule has 0 saturated carbocycles. The Morgan fingerprint density at radius 2 is 2.00 bits per heavy atom. The van der Waals surface area contributed by atoms with Crippen LogP contribution in [0.15, 0.2) is 27.9 Å². The number of unbranched alkanes of at least 4 members (excludes halogenated alkanes) is 3. The Bertz CT molecular complexity index is 1040. The fraction of sp³-hybridized carbons (Fsp3) is 0.333. The maximum absolute atomic E-state index is 12.4. The molecular weight excluding hydrogens is 340 g/mol. The smallest absolute Gasteiger partial charge is 0.279 e. The van der Waals surface area contributed by atoms with Gasteiger partial charge in [-0.1, -0.05) is 26.2 Å². The summed E-state index contributed by atoms with van der Waals surface area (Å²) in [5.74, 6) is -0.0428. The van der Waals surface area contributed by atoms with Crippen LogP contribution in [0, 0.1) is 0 Å². The van der Waals surface area contributed by atoms with E-state index in [4.69, 9.17) is 0 Å². The lowest BCUT2D eigenvalue weighted by Gasteiger charge is -2.07. The van der Waals surface area contributed by atoms with Crippen molar-refractivity contribution in [2.45, 2.75) is 39.2 Å². The van der Waals surface area contributed by atoms with Gasteiger partial charge in [0.25, 0.3) is 5.91 Å². The standard InChI is InChI=1S/C18H18N2O2S2/c1-2-3-4-5-8-20-12-7-10-24-16(12)14(18(20)22)13-15-11(6-9-23-15)19-17(13)21/h6-7,9-10,22H,2-5,8H2,1H3. The molecule has 1 aliphatic heterocycles. The van der Waals surface area contributed by atoms with Crippen molar-refractivity contribution in [2.75, 3.05) is 0 Å². The molecule has 3 aromatic heterocycles. The Morgan fingerprint density at radius 1 is 1.17 bits per heavy atom. The highest BCUT2D eigenvalue weighted by Gasteiger charge is 2.28. The van der Waals surface area contributed by atoms with E-state index in [9.17, 15) is 9.90 Å². The lowest BCUT2D eigenvalue weighted by molar-refractivity contribution is -0.112. The third-order valence-corrected chi connectivity index (χ3v) is 6.28. The van der Waals surface area contributed by atoms with Crippen molar-refractivity contribution in [1.29, 1.82) is 0 Å². The molecule has 0 aromatic carbocycles. The lowest BCUT2D eigenvalue weighted by Crippen LogP contribution is -2.16. The summed E-state index contributed by atoms with van der Waals surface area (Å²) in [5, 5.41) is 15.5. The minimum Gasteiger partial charge on any atom is -0.494 e. The van der Waals surface area contributed by atoms with Crippen LogP contribution in [0.2, 0.25) is 0 Å². The van der Waals surface area contributed by atoms with E-state index in [-0.39, 0.29) is 11.8 Å². The number of hydrogen-bond acceptors (Lipinski definition) is 4. The predicted molar refractivity (Wildman–Crippen MR) is 98.2 cm³/mol. The Morgan fingerprint density at radius 3 is 2.83 bits per heavy atom. The van der Waals surface area contributed by atoms with Gasteiger partial charge in [-0.05, 0) is 29.3 Å². The van der Waals surface area contributed by atoms with E-state index >= 15 is 0 Å². The molecule has 6 heteroatoms. The fourth-order valence-electron chi connectivity index (χ4n) is 3.26. The van der Waals surface area contributed by atoms with Crippen LogP contribution in [0.4, 0.5) is 0 Å². The summed E-state index contributed by atoms with van der Waals surface area (Å²) < 4.78 is 3.79. The van der Waals surface area contributed by atoms with Gasteiger partial charge in [0, 0.05) is 6.54 Å². The van der Waals surface area contributed by atoms with Crippen LogP contribution in [0.5, 0.6) is 5.88 Å². The second kappa shape index (κ2) is 6.18. The molecule has 0 radical (unpaired) electrons.